The minimum Gasteiger partial charge on any atom is -0.376 e. The van der Waals surface area contributed by atoms with Crippen LogP contribution in [0, 0.1) is 0 Å². The van der Waals surface area contributed by atoms with Crippen molar-refractivity contribution < 1.29 is 4.74 Å². The molecule has 1 aromatic rings. The number of hydrogen-bond acceptors (Lipinski definition) is 4. The fraction of sp³-hybridized carbons (Fsp3) is 0.688. The predicted molar refractivity (Wildman–Crippen MR) is 83.1 cm³/mol. The average Bonchev–Trinajstić information content (AvgIpc) is 2.81. The van der Waals surface area contributed by atoms with Crippen molar-refractivity contribution in [2.75, 3.05) is 18.6 Å². The zero-order valence-corrected chi connectivity index (χ0v) is 13.3. The Kier molecular flexibility index (Phi) is 4.66. The summed E-state index contributed by atoms with van der Waals surface area (Å²) < 4.78 is 5.68. The molecule has 0 radical (unpaired) electrons. The summed E-state index contributed by atoms with van der Waals surface area (Å²) in [5.41, 5.74) is 1.35. The normalized spacial score (nSPS) is 23.1. The Morgan fingerprint density at radius 3 is 2.80 bits per heavy atom. The second kappa shape index (κ2) is 6.10. The minimum absolute atomic E-state index is 0.107. The Labute approximate surface area is 122 Å². The third-order valence-electron chi connectivity index (χ3n) is 3.84. The fourth-order valence-electron chi connectivity index (χ4n) is 2.63. The molecule has 2 atom stereocenters. The molecule has 0 bridgehead atoms. The lowest BCUT2D eigenvalue weighted by atomic mass is 10.1. The third-order valence-corrected chi connectivity index (χ3v) is 3.84. The number of nitrogens with zero attached hydrogens (tertiary/aromatic N) is 2. The molecule has 1 fully saturated rings. The molecule has 0 saturated carbocycles. The Balaban J connectivity index is 2.14. The third kappa shape index (κ3) is 3.70. The van der Waals surface area contributed by atoms with Crippen LogP contribution in [0.25, 0.3) is 0 Å². The lowest BCUT2D eigenvalue weighted by Crippen LogP contribution is -2.39. The van der Waals surface area contributed by atoms with Crippen molar-refractivity contribution in [3.8, 4) is 0 Å². The van der Waals surface area contributed by atoms with Crippen molar-refractivity contribution in [2.45, 2.75) is 58.3 Å². The zero-order valence-electron chi connectivity index (χ0n) is 13.3. The molecule has 1 saturated heterocycles. The van der Waals surface area contributed by atoms with Crippen LogP contribution in [0.2, 0.25) is 0 Å². The molecule has 1 aliphatic rings. The highest BCUT2D eigenvalue weighted by atomic mass is 16.5. The molecule has 0 aliphatic carbocycles. The van der Waals surface area contributed by atoms with Crippen molar-refractivity contribution in [1.29, 1.82) is 0 Å². The summed E-state index contributed by atoms with van der Waals surface area (Å²) in [7, 11) is 2.12. The van der Waals surface area contributed by atoms with Gasteiger partial charge in [-0.2, -0.15) is 0 Å². The fourth-order valence-corrected chi connectivity index (χ4v) is 2.63. The van der Waals surface area contributed by atoms with Crippen LogP contribution in [0.3, 0.4) is 0 Å². The molecule has 2 rings (SSSR count). The summed E-state index contributed by atoms with van der Waals surface area (Å²) in [6.07, 6.45) is 3.21. The molecule has 4 nitrogen and oxygen atoms in total. The SMILES string of the molecule is CC1OCCC1N(C)c1ncccc1CNC(C)(C)C. The first-order valence-corrected chi connectivity index (χ1v) is 7.42. The first-order valence-electron chi connectivity index (χ1n) is 7.42. The number of aromatic nitrogens is 1. The smallest absolute Gasteiger partial charge is 0.133 e. The maximum atomic E-state index is 5.68. The van der Waals surface area contributed by atoms with E-state index in [9.17, 15) is 0 Å². The highest BCUT2D eigenvalue weighted by Crippen LogP contribution is 2.25. The van der Waals surface area contributed by atoms with Gasteiger partial charge in [-0.25, -0.2) is 4.98 Å². The lowest BCUT2D eigenvalue weighted by molar-refractivity contribution is 0.118. The quantitative estimate of drug-likeness (QED) is 0.918. The summed E-state index contributed by atoms with van der Waals surface area (Å²) >= 11 is 0. The van der Waals surface area contributed by atoms with E-state index in [0.29, 0.717) is 6.04 Å². The number of pyridine rings is 1. The van der Waals surface area contributed by atoms with E-state index in [0.717, 1.165) is 25.4 Å². The van der Waals surface area contributed by atoms with E-state index < -0.39 is 0 Å². The van der Waals surface area contributed by atoms with Crippen LogP contribution >= 0.6 is 0 Å². The standard InChI is InChI=1S/C16H27N3O/c1-12-14(8-10-20-12)19(5)15-13(7-6-9-17-15)11-18-16(2,3)4/h6-7,9,12,14,18H,8,10-11H2,1-5H3. The molecule has 2 unspecified atom stereocenters. The predicted octanol–water partition coefficient (Wildman–Crippen LogP) is 2.58. The second-order valence-corrected chi connectivity index (χ2v) is 6.63. The number of rotatable bonds is 4. The molecule has 1 aromatic heterocycles. The lowest BCUT2D eigenvalue weighted by Gasteiger charge is -2.30. The van der Waals surface area contributed by atoms with Crippen molar-refractivity contribution in [2.24, 2.45) is 0 Å². The molecular weight excluding hydrogens is 250 g/mol. The van der Waals surface area contributed by atoms with Crippen molar-refractivity contribution >= 4 is 5.82 Å². The summed E-state index contributed by atoms with van der Waals surface area (Å²) in [5.74, 6) is 1.06. The van der Waals surface area contributed by atoms with Gasteiger partial charge in [0.1, 0.15) is 5.82 Å². The Bertz CT molecular complexity index is 442. The van der Waals surface area contributed by atoms with Gasteiger partial charge in [-0.1, -0.05) is 6.07 Å². The van der Waals surface area contributed by atoms with Gasteiger partial charge < -0.3 is 15.0 Å². The topological polar surface area (TPSA) is 37.4 Å². The molecule has 112 valence electrons. The molecular formula is C16H27N3O. The first-order chi connectivity index (χ1) is 9.38. The number of anilines is 1. The minimum atomic E-state index is 0.107. The van der Waals surface area contributed by atoms with Crippen LogP contribution in [0.5, 0.6) is 0 Å². The number of nitrogens with one attached hydrogen (secondary N) is 1. The maximum absolute atomic E-state index is 5.68. The Hall–Kier alpha value is -1.13. The monoisotopic (exact) mass is 277 g/mol. The zero-order chi connectivity index (χ0) is 14.8. The van der Waals surface area contributed by atoms with E-state index in [2.05, 4.69) is 56.0 Å². The van der Waals surface area contributed by atoms with Gasteiger partial charge >= 0.3 is 0 Å². The van der Waals surface area contributed by atoms with E-state index >= 15 is 0 Å². The van der Waals surface area contributed by atoms with Crippen LogP contribution in [0.1, 0.15) is 39.7 Å². The Morgan fingerprint density at radius 2 is 2.20 bits per heavy atom. The van der Waals surface area contributed by atoms with Crippen LogP contribution in [0.4, 0.5) is 5.82 Å². The van der Waals surface area contributed by atoms with E-state index in [-0.39, 0.29) is 11.6 Å². The van der Waals surface area contributed by atoms with Crippen LogP contribution < -0.4 is 10.2 Å². The molecule has 0 spiro atoms. The van der Waals surface area contributed by atoms with Crippen molar-refractivity contribution in [3.63, 3.8) is 0 Å². The van der Waals surface area contributed by atoms with E-state index in [1.165, 1.54) is 5.56 Å². The van der Waals surface area contributed by atoms with Crippen LogP contribution in [0.15, 0.2) is 18.3 Å². The number of ether oxygens (including phenoxy) is 1. The molecule has 20 heavy (non-hydrogen) atoms. The van der Waals surface area contributed by atoms with Gasteiger partial charge in [0.15, 0.2) is 0 Å². The largest absolute Gasteiger partial charge is 0.376 e. The van der Waals surface area contributed by atoms with Gasteiger partial charge in [0.2, 0.25) is 0 Å². The van der Waals surface area contributed by atoms with E-state index in [1.54, 1.807) is 0 Å². The van der Waals surface area contributed by atoms with Gasteiger partial charge in [-0.15, -0.1) is 0 Å². The van der Waals surface area contributed by atoms with Gasteiger partial charge in [0, 0.05) is 37.5 Å². The van der Waals surface area contributed by atoms with Crippen LogP contribution in [-0.4, -0.2) is 36.3 Å². The maximum Gasteiger partial charge on any atom is 0.133 e. The molecule has 0 amide bonds. The Morgan fingerprint density at radius 1 is 1.45 bits per heavy atom. The summed E-state index contributed by atoms with van der Waals surface area (Å²) in [4.78, 5) is 6.86. The van der Waals surface area contributed by atoms with E-state index in [4.69, 9.17) is 4.74 Å². The highest BCUT2D eigenvalue weighted by molar-refractivity contribution is 5.47. The summed E-state index contributed by atoms with van der Waals surface area (Å²) in [6.45, 7) is 10.4. The number of likely N-dealkylation sites (N-methyl/N-ethyl adjacent to an activating group) is 1. The van der Waals surface area contributed by atoms with Gasteiger partial charge in [0.05, 0.1) is 12.1 Å². The second-order valence-electron chi connectivity index (χ2n) is 6.63. The van der Waals surface area contributed by atoms with Gasteiger partial charge in [-0.05, 0) is 40.2 Å². The van der Waals surface area contributed by atoms with Gasteiger partial charge in [-0.3, -0.25) is 0 Å². The molecule has 1 N–H and O–H groups in total. The molecule has 4 heteroatoms. The summed E-state index contributed by atoms with van der Waals surface area (Å²) in [5, 5.41) is 3.54. The molecule has 0 aromatic carbocycles. The van der Waals surface area contributed by atoms with Crippen molar-refractivity contribution in [1.82, 2.24) is 10.3 Å². The van der Waals surface area contributed by atoms with Crippen LogP contribution in [-0.2, 0) is 11.3 Å². The summed E-state index contributed by atoms with van der Waals surface area (Å²) in [6, 6.07) is 4.57. The highest BCUT2D eigenvalue weighted by Gasteiger charge is 2.29. The number of hydrogen-bond donors (Lipinski definition) is 1. The first kappa shape index (κ1) is 15.3. The molecule has 2 heterocycles. The van der Waals surface area contributed by atoms with E-state index in [1.807, 2.05) is 12.3 Å². The van der Waals surface area contributed by atoms with Crippen molar-refractivity contribution in [3.05, 3.63) is 23.9 Å². The average molecular weight is 277 g/mol. The van der Waals surface area contributed by atoms with Gasteiger partial charge in [0.25, 0.3) is 0 Å². The molecule has 1 aliphatic heterocycles.